The van der Waals surface area contributed by atoms with Gasteiger partial charge >= 0.3 is 6.03 Å². The zero-order valence-corrected chi connectivity index (χ0v) is 17.1. The van der Waals surface area contributed by atoms with Gasteiger partial charge in [0.15, 0.2) is 0 Å². The fourth-order valence-electron chi connectivity index (χ4n) is 0.594. The molecular formula is C13H33N5O4S. The lowest BCUT2D eigenvalue weighted by Crippen LogP contribution is -2.33. The van der Waals surface area contributed by atoms with Crippen LogP contribution in [0.1, 0.15) is 6.92 Å². The molecule has 0 saturated carbocycles. The van der Waals surface area contributed by atoms with Crippen molar-refractivity contribution in [1.82, 2.24) is 24.1 Å². The number of nitrogens with zero attached hydrogens (tertiary/aromatic N) is 5. The fourth-order valence-corrected chi connectivity index (χ4v) is 0.983. The van der Waals surface area contributed by atoms with E-state index >= 15 is 0 Å². The quantitative estimate of drug-likeness (QED) is 0.663. The van der Waals surface area contributed by atoms with Gasteiger partial charge in [-0.05, 0) is 0 Å². The van der Waals surface area contributed by atoms with Gasteiger partial charge in [-0.1, -0.05) is 0 Å². The van der Waals surface area contributed by atoms with Crippen LogP contribution in [0.15, 0.2) is 0 Å². The Morgan fingerprint density at radius 1 is 0.739 bits per heavy atom. The monoisotopic (exact) mass is 355 g/mol. The minimum absolute atomic E-state index is 0.0185. The van der Waals surface area contributed by atoms with Gasteiger partial charge in [0.1, 0.15) is 0 Å². The number of amides is 3. The van der Waals surface area contributed by atoms with Gasteiger partial charge in [-0.15, -0.1) is 0 Å². The highest BCUT2D eigenvalue weighted by Gasteiger charge is 2.03. The number of hydrogen-bond donors (Lipinski definition) is 0. The molecule has 9 nitrogen and oxygen atoms in total. The summed E-state index contributed by atoms with van der Waals surface area (Å²) in [6, 6.07) is 0.0185. The van der Waals surface area contributed by atoms with Gasteiger partial charge in [0.2, 0.25) is 5.91 Å². The molecule has 0 aliphatic heterocycles. The van der Waals surface area contributed by atoms with E-state index in [4.69, 9.17) is 4.28 Å². The third kappa shape index (κ3) is 20.8. The average molecular weight is 356 g/mol. The number of hydroxylamine groups is 2. The van der Waals surface area contributed by atoms with Crippen LogP contribution in [0.3, 0.4) is 0 Å². The number of hydrogen-bond acceptors (Lipinski definition) is 5. The van der Waals surface area contributed by atoms with E-state index in [1.54, 1.807) is 70.5 Å². The summed E-state index contributed by atoms with van der Waals surface area (Å²) >= 11 is -1.34. The zero-order valence-electron chi connectivity index (χ0n) is 16.3. The van der Waals surface area contributed by atoms with Crippen LogP contribution in [-0.4, -0.2) is 111 Å². The van der Waals surface area contributed by atoms with Crippen molar-refractivity contribution in [1.29, 1.82) is 0 Å². The van der Waals surface area contributed by atoms with E-state index in [-0.39, 0.29) is 11.9 Å². The maximum atomic E-state index is 10.7. The summed E-state index contributed by atoms with van der Waals surface area (Å²) in [4.78, 5) is 25.3. The Kier molecular flexibility index (Phi) is 16.7. The van der Waals surface area contributed by atoms with E-state index < -0.39 is 11.3 Å². The number of urea groups is 1. The molecule has 0 N–H and O–H groups in total. The molecule has 140 valence electrons. The third-order valence-corrected chi connectivity index (χ3v) is 2.93. The van der Waals surface area contributed by atoms with E-state index in [2.05, 4.69) is 0 Å². The Bertz CT molecular complexity index is 350. The Balaban J connectivity index is -0.000000266. The van der Waals surface area contributed by atoms with Gasteiger partial charge in [-0.2, -0.15) is 9.35 Å². The molecule has 0 heterocycles. The normalized spacial score (nSPS) is 10.8. The topological polar surface area (TPSA) is 76.6 Å². The van der Waals surface area contributed by atoms with Crippen molar-refractivity contribution in [3.8, 4) is 0 Å². The Hall–Kier alpha value is -1.23. The molecule has 0 aliphatic carbocycles. The number of carbonyl (C=O) groups excluding carboxylic acids is 2. The van der Waals surface area contributed by atoms with Crippen molar-refractivity contribution in [2.24, 2.45) is 0 Å². The van der Waals surface area contributed by atoms with Crippen molar-refractivity contribution >= 4 is 23.2 Å². The van der Waals surface area contributed by atoms with Gasteiger partial charge in [-0.3, -0.25) is 4.79 Å². The van der Waals surface area contributed by atoms with Crippen LogP contribution in [0.25, 0.3) is 0 Å². The predicted octanol–water partition coefficient (Wildman–Crippen LogP) is -0.0560. The molecular weight excluding hydrogens is 322 g/mol. The number of carbonyl (C=O) groups is 2. The maximum absolute atomic E-state index is 10.7. The first-order chi connectivity index (χ1) is 10.2. The van der Waals surface area contributed by atoms with Crippen LogP contribution >= 0.6 is 0 Å². The second kappa shape index (κ2) is 14.4. The highest BCUT2D eigenvalue weighted by molar-refractivity contribution is 7.77. The van der Waals surface area contributed by atoms with Crippen LogP contribution < -0.4 is 0 Å². The summed E-state index contributed by atoms with van der Waals surface area (Å²) in [7, 11) is 17.1. The van der Waals surface area contributed by atoms with Crippen molar-refractivity contribution in [2.75, 3.05) is 70.5 Å². The molecule has 0 aromatic heterocycles. The van der Waals surface area contributed by atoms with Gasteiger partial charge < -0.3 is 14.7 Å². The minimum atomic E-state index is -1.34. The second-order valence-corrected chi connectivity index (χ2v) is 6.71. The first-order valence-electron chi connectivity index (χ1n) is 6.75. The van der Waals surface area contributed by atoms with Gasteiger partial charge in [0.25, 0.3) is 11.3 Å². The van der Waals surface area contributed by atoms with E-state index in [0.717, 1.165) is 0 Å². The molecule has 1 unspecified atom stereocenters. The third-order valence-electron chi connectivity index (χ3n) is 1.91. The lowest BCUT2D eigenvalue weighted by molar-refractivity contribution is -0.126. The van der Waals surface area contributed by atoms with Gasteiger partial charge in [-0.25, -0.2) is 13.3 Å². The highest BCUT2D eigenvalue weighted by Crippen LogP contribution is 1.89. The van der Waals surface area contributed by atoms with Crippen LogP contribution in [0.2, 0.25) is 0 Å². The smallest absolute Gasteiger partial charge is 0.318 e. The minimum Gasteiger partial charge on any atom is -0.349 e. The summed E-state index contributed by atoms with van der Waals surface area (Å²) in [5.74, 6) is 0.0926. The average Bonchev–Trinajstić information content (AvgIpc) is 2.37. The number of rotatable bonds is 3. The van der Waals surface area contributed by atoms with Crippen molar-refractivity contribution in [3.05, 3.63) is 0 Å². The van der Waals surface area contributed by atoms with E-state index in [1.165, 1.54) is 31.0 Å². The molecule has 23 heavy (non-hydrogen) atoms. The molecule has 0 saturated heterocycles. The van der Waals surface area contributed by atoms with Crippen molar-refractivity contribution in [3.63, 3.8) is 0 Å². The molecule has 0 radical (unpaired) electrons. The van der Waals surface area contributed by atoms with E-state index in [1.807, 2.05) is 0 Å². The predicted molar refractivity (Wildman–Crippen MR) is 93.7 cm³/mol. The Morgan fingerprint density at radius 3 is 1.09 bits per heavy atom. The van der Waals surface area contributed by atoms with Gasteiger partial charge in [0.05, 0.1) is 0 Å². The Labute approximate surface area is 143 Å². The molecule has 0 aliphatic rings. The standard InChI is InChI=1S/C5H12N2O.C4H12N2O2S.C4H9NO/c1-6(2)5(8)7(3)4;1-5(2)8-9(7)6(3)4;1-4(6)5(2)3/h1-4H3;1-4H3;1-3H3. The summed E-state index contributed by atoms with van der Waals surface area (Å²) < 4.78 is 16.9. The van der Waals surface area contributed by atoms with Crippen LogP contribution in [-0.2, 0) is 20.3 Å². The lowest BCUT2D eigenvalue weighted by atomic mass is 10.7. The van der Waals surface area contributed by atoms with Crippen LogP contribution in [0.5, 0.6) is 0 Å². The molecule has 0 aromatic rings. The molecule has 0 aromatic carbocycles. The van der Waals surface area contributed by atoms with Crippen LogP contribution in [0, 0.1) is 0 Å². The first-order valence-corrected chi connectivity index (χ1v) is 7.78. The molecule has 1 atom stereocenters. The van der Waals surface area contributed by atoms with Gasteiger partial charge in [0, 0.05) is 77.4 Å². The maximum Gasteiger partial charge on any atom is 0.318 e. The zero-order chi connectivity index (χ0) is 19.3. The molecule has 0 bridgehead atoms. The highest BCUT2D eigenvalue weighted by atomic mass is 32.2. The van der Waals surface area contributed by atoms with E-state index in [0.29, 0.717) is 0 Å². The lowest BCUT2D eigenvalue weighted by Gasteiger charge is -2.16. The Morgan fingerprint density at radius 2 is 1.04 bits per heavy atom. The largest absolute Gasteiger partial charge is 0.349 e. The van der Waals surface area contributed by atoms with Crippen LogP contribution in [0.4, 0.5) is 4.79 Å². The molecule has 0 fully saturated rings. The van der Waals surface area contributed by atoms with Crippen molar-refractivity contribution in [2.45, 2.75) is 6.92 Å². The first kappa shape index (κ1) is 26.7. The SMILES string of the molecule is CC(=O)N(C)C.CN(C)C(=O)N(C)C.CN(C)OS(=O)N(C)C. The molecule has 0 spiro atoms. The molecule has 3 amide bonds. The molecule has 0 rings (SSSR count). The van der Waals surface area contributed by atoms with Crippen molar-refractivity contribution < 1.29 is 18.1 Å². The summed E-state index contributed by atoms with van der Waals surface area (Å²) in [6.45, 7) is 1.53. The second-order valence-electron chi connectivity index (χ2n) is 5.40. The van der Waals surface area contributed by atoms with E-state index in [9.17, 15) is 13.8 Å². The summed E-state index contributed by atoms with van der Waals surface area (Å²) in [6.07, 6.45) is 0. The summed E-state index contributed by atoms with van der Waals surface area (Å²) in [5, 5.41) is 1.40. The fraction of sp³-hybridized carbons (Fsp3) is 0.846. The summed E-state index contributed by atoms with van der Waals surface area (Å²) in [5.41, 5.74) is 0. The molecule has 10 heteroatoms.